The molecule has 1 aromatic carbocycles. The lowest BCUT2D eigenvalue weighted by molar-refractivity contribution is -0.385. The van der Waals surface area contributed by atoms with Crippen molar-refractivity contribution in [2.24, 2.45) is 0 Å². The standard InChI is InChI=1S/C10H12FNO3S/c11-8-3-4-9(12(13)14)10(7-8)15-5-1-2-6-16/h3-4,7,16H,1-2,5-6H2. The van der Waals surface area contributed by atoms with Gasteiger partial charge in [-0.25, -0.2) is 4.39 Å². The van der Waals surface area contributed by atoms with Gasteiger partial charge >= 0.3 is 5.69 Å². The van der Waals surface area contributed by atoms with Crippen molar-refractivity contribution >= 4 is 18.3 Å². The molecule has 0 atom stereocenters. The molecule has 0 heterocycles. The zero-order valence-electron chi connectivity index (χ0n) is 8.56. The lowest BCUT2D eigenvalue weighted by Gasteiger charge is -2.05. The van der Waals surface area contributed by atoms with Crippen LogP contribution in [0.2, 0.25) is 0 Å². The first kappa shape index (κ1) is 12.8. The number of unbranched alkanes of at least 4 members (excludes halogenated alkanes) is 1. The molecule has 0 unspecified atom stereocenters. The predicted octanol–water partition coefficient (Wildman–Crippen LogP) is 2.82. The van der Waals surface area contributed by atoms with Crippen molar-refractivity contribution < 1.29 is 14.1 Å². The van der Waals surface area contributed by atoms with E-state index in [-0.39, 0.29) is 11.4 Å². The number of benzene rings is 1. The summed E-state index contributed by atoms with van der Waals surface area (Å²) in [5.74, 6) is 0.160. The monoisotopic (exact) mass is 245 g/mol. The highest BCUT2D eigenvalue weighted by molar-refractivity contribution is 7.80. The predicted molar refractivity (Wildman–Crippen MR) is 61.6 cm³/mol. The van der Waals surface area contributed by atoms with Gasteiger partial charge in [-0.1, -0.05) is 0 Å². The number of nitro benzene ring substituents is 1. The van der Waals surface area contributed by atoms with Crippen LogP contribution in [0.4, 0.5) is 10.1 Å². The summed E-state index contributed by atoms with van der Waals surface area (Å²) in [6.07, 6.45) is 1.59. The molecule has 0 amide bonds. The minimum atomic E-state index is -0.590. The van der Waals surface area contributed by atoms with Gasteiger partial charge in [0.1, 0.15) is 5.82 Å². The summed E-state index contributed by atoms with van der Waals surface area (Å²) in [6, 6.07) is 3.17. The molecule has 0 aromatic heterocycles. The van der Waals surface area contributed by atoms with Gasteiger partial charge in [-0.15, -0.1) is 0 Å². The number of halogens is 1. The van der Waals surface area contributed by atoms with E-state index < -0.39 is 10.7 Å². The van der Waals surface area contributed by atoms with Crippen LogP contribution in [0.25, 0.3) is 0 Å². The molecule has 0 bridgehead atoms. The van der Waals surface area contributed by atoms with E-state index in [1.807, 2.05) is 0 Å². The van der Waals surface area contributed by atoms with Crippen LogP contribution in [0.15, 0.2) is 18.2 Å². The molecule has 0 aliphatic heterocycles. The Morgan fingerprint density at radius 3 is 2.81 bits per heavy atom. The summed E-state index contributed by atoms with van der Waals surface area (Å²) in [4.78, 5) is 10.0. The molecule has 0 N–H and O–H groups in total. The molecular formula is C10H12FNO3S. The molecule has 6 heteroatoms. The fraction of sp³-hybridized carbons (Fsp3) is 0.400. The fourth-order valence-corrected chi connectivity index (χ4v) is 1.37. The molecule has 1 aromatic rings. The second kappa shape index (κ2) is 6.32. The topological polar surface area (TPSA) is 52.4 Å². The van der Waals surface area contributed by atoms with E-state index in [1.54, 1.807) is 0 Å². The van der Waals surface area contributed by atoms with Crippen LogP contribution in [0, 0.1) is 15.9 Å². The second-order valence-electron chi connectivity index (χ2n) is 3.15. The second-order valence-corrected chi connectivity index (χ2v) is 3.60. The van der Waals surface area contributed by atoms with Crippen molar-refractivity contribution in [1.82, 2.24) is 0 Å². The Balaban J connectivity index is 2.68. The van der Waals surface area contributed by atoms with E-state index in [0.717, 1.165) is 36.8 Å². The zero-order valence-corrected chi connectivity index (χ0v) is 9.45. The van der Waals surface area contributed by atoms with Crippen LogP contribution >= 0.6 is 12.6 Å². The van der Waals surface area contributed by atoms with Crippen molar-refractivity contribution in [1.29, 1.82) is 0 Å². The highest BCUT2D eigenvalue weighted by Crippen LogP contribution is 2.27. The Kier molecular flexibility index (Phi) is 5.04. The average molecular weight is 245 g/mol. The maximum atomic E-state index is 12.9. The lowest BCUT2D eigenvalue weighted by Crippen LogP contribution is -2.01. The third kappa shape index (κ3) is 3.69. The Labute approximate surface area is 98.0 Å². The Morgan fingerprint density at radius 2 is 2.19 bits per heavy atom. The molecule has 88 valence electrons. The van der Waals surface area contributed by atoms with E-state index in [4.69, 9.17) is 4.74 Å². The van der Waals surface area contributed by atoms with E-state index in [0.29, 0.717) is 6.61 Å². The minimum absolute atomic E-state index is 0.0239. The molecule has 0 saturated carbocycles. The van der Waals surface area contributed by atoms with Crippen LogP contribution in [0.3, 0.4) is 0 Å². The van der Waals surface area contributed by atoms with Crippen LogP contribution in [0.5, 0.6) is 5.75 Å². The normalized spacial score (nSPS) is 10.1. The quantitative estimate of drug-likeness (QED) is 0.363. The number of hydrogen-bond donors (Lipinski definition) is 1. The SMILES string of the molecule is O=[N+]([O-])c1ccc(F)cc1OCCCCS. The highest BCUT2D eigenvalue weighted by Gasteiger charge is 2.15. The van der Waals surface area contributed by atoms with Gasteiger partial charge in [-0.3, -0.25) is 10.1 Å². The fourth-order valence-electron chi connectivity index (χ4n) is 1.15. The summed E-state index contributed by atoms with van der Waals surface area (Å²) in [6.45, 7) is 0.324. The Hall–Kier alpha value is -1.30. The van der Waals surface area contributed by atoms with E-state index >= 15 is 0 Å². The van der Waals surface area contributed by atoms with Crippen molar-refractivity contribution in [2.45, 2.75) is 12.8 Å². The van der Waals surface area contributed by atoms with Crippen LogP contribution in [0.1, 0.15) is 12.8 Å². The number of thiol groups is 1. The maximum Gasteiger partial charge on any atom is 0.311 e. The van der Waals surface area contributed by atoms with Crippen LogP contribution in [-0.2, 0) is 0 Å². The molecular weight excluding hydrogens is 233 g/mol. The summed E-state index contributed by atoms with van der Waals surface area (Å²) >= 11 is 4.03. The third-order valence-electron chi connectivity index (χ3n) is 1.93. The van der Waals surface area contributed by atoms with Gasteiger partial charge < -0.3 is 4.74 Å². The summed E-state index contributed by atoms with van der Waals surface area (Å²) in [7, 11) is 0. The zero-order chi connectivity index (χ0) is 12.0. The molecule has 0 spiro atoms. The van der Waals surface area contributed by atoms with Gasteiger partial charge in [-0.2, -0.15) is 12.6 Å². The lowest BCUT2D eigenvalue weighted by atomic mass is 10.3. The molecule has 0 aliphatic rings. The van der Waals surface area contributed by atoms with Crippen molar-refractivity contribution in [3.8, 4) is 5.75 Å². The minimum Gasteiger partial charge on any atom is -0.487 e. The van der Waals surface area contributed by atoms with E-state index in [2.05, 4.69) is 12.6 Å². The summed E-state index contributed by atoms with van der Waals surface area (Å²) in [5.41, 5.74) is -0.215. The van der Waals surface area contributed by atoms with Gasteiger partial charge in [0.25, 0.3) is 0 Å². The van der Waals surface area contributed by atoms with Crippen LogP contribution in [-0.4, -0.2) is 17.3 Å². The molecule has 16 heavy (non-hydrogen) atoms. The first-order chi connectivity index (χ1) is 7.65. The van der Waals surface area contributed by atoms with Gasteiger partial charge in [0.05, 0.1) is 11.5 Å². The van der Waals surface area contributed by atoms with Crippen LogP contribution < -0.4 is 4.74 Å². The third-order valence-corrected chi connectivity index (χ3v) is 2.24. The number of rotatable bonds is 6. The largest absolute Gasteiger partial charge is 0.487 e. The Morgan fingerprint density at radius 1 is 1.44 bits per heavy atom. The molecule has 0 aliphatic carbocycles. The maximum absolute atomic E-state index is 12.9. The average Bonchev–Trinajstić information content (AvgIpc) is 2.24. The highest BCUT2D eigenvalue weighted by atomic mass is 32.1. The number of nitrogens with zero attached hydrogens (tertiary/aromatic N) is 1. The molecule has 0 saturated heterocycles. The van der Waals surface area contributed by atoms with Crippen molar-refractivity contribution in [2.75, 3.05) is 12.4 Å². The molecule has 1 rings (SSSR count). The first-order valence-corrected chi connectivity index (χ1v) is 5.46. The van der Waals surface area contributed by atoms with Crippen molar-refractivity contribution in [3.63, 3.8) is 0 Å². The van der Waals surface area contributed by atoms with Gasteiger partial charge in [0, 0.05) is 12.1 Å². The van der Waals surface area contributed by atoms with E-state index in [9.17, 15) is 14.5 Å². The molecule has 0 fully saturated rings. The van der Waals surface area contributed by atoms with Gasteiger partial charge in [0.15, 0.2) is 5.75 Å². The summed E-state index contributed by atoms with van der Waals surface area (Å²) < 4.78 is 18.0. The molecule has 4 nitrogen and oxygen atoms in total. The Bertz CT molecular complexity index is 373. The number of ether oxygens (including phenoxy) is 1. The smallest absolute Gasteiger partial charge is 0.311 e. The number of nitro groups is 1. The van der Waals surface area contributed by atoms with Gasteiger partial charge in [0.2, 0.25) is 0 Å². The number of hydrogen-bond acceptors (Lipinski definition) is 4. The van der Waals surface area contributed by atoms with Crippen molar-refractivity contribution in [3.05, 3.63) is 34.1 Å². The summed E-state index contributed by atoms with van der Waals surface area (Å²) in [5, 5.41) is 10.6. The van der Waals surface area contributed by atoms with E-state index in [1.165, 1.54) is 0 Å². The first-order valence-electron chi connectivity index (χ1n) is 4.82. The molecule has 0 radical (unpaired) electrons. The van der Waals surface area contributed by atoms with Gasteiger partial charge in [-0.05, 0) is 24.7 Å².